The smallest absolute Gasteiger partial charge is 0.326 e. The minimum Gasteiger partial charge on any atom is -0.480 e. The Morgan fingerprint density at radius 2 is 1.94 bits per heavy atom. The van der Waals surface area contributed by atoms with Crippen LogP contribution in [0.2, 0.25) is 0 Å². The summed E-state index contributed by atoms with van der Waals surface area (Å²) in [5, 5.41) is 14.1. The van der Waals surface area contributed by atoms with Gasteiger partial charge in [-0.1, -0.05) is 13.8 Å². The van der Waals surface area contributed by atoms with Gasteiger partial charge in [0.2, 0.25) is 0 Å². The van der Waals surface area contributed by atoms with Crippen molar-refractivity contribution in [2.24, 2.45) is 5.92 Å². The number of hydrogen-bond acceptors (Lipinski definition) is 3. The second-order valence-electron chi connectivity index (χ2n) is 4.70. The van der Waals surface area contributed by atoms with E-state index >= 15 is 0 Å². The summed E-state index contributed by atoms with van der Waals surface area (Å²) in [5.41, 5.74) is 0. The number of methoxy groups -OCH3 is 1. The number of carbonyl (C=O) groups is 2. The van der Waals surface area contributed by atoms with E-state index in [9.17, 15) is 9.59 Å². The van der Waals surface area contributed by atoms with E-state index in [0.29, 0.717) is 0 Å². The van der Waals surface area contributed by atoms with Gasteiger partial charge in [0.25, 0.3) is 0 Å². The van der Waals surface area contributed by atoms with Crippen LogP contribution in [0.1, 0.15) is 26.7 Å². The summed E-state index contributed by atoms with van der Waals surface area (Å²) < 4.78 is 5.09. The molecule has 1 unspecified atom stereocenters. The van der Waals surface area contributed by atoms with E-state index < -0.39 is 18.0 Å². The van der Waals surface area contributed by atoms with E-state index in [1.807, 2.05) is 0 Å². The molecule has 1 atom stereocenters. The van der Waals surface area contributed by atoms with Gasteiger partial charge in [-0.3, -0.25) is 0 Å². The van der Waals surface area contributed by atoms with Crippen LogP contribution in [0.15, 0.2) is 0 Å². The van der Waals surface area contributed by atoms with E-state index in [1.54, 1.807) is 21.0 Å². The van der Waals surface area contributed by atoms with Crippen molar-refractivity contribution in [3.05, 3.63) is 0 Å². The highest BCUT2D eigenvalue weighted by molar-refractivity contribution is 5.82. The van der Waals surface area contributed by atoms with E-state index in [4.69, 9.17) is 9.84 Å². The van der Waals surface area contributed by atoms with Gasteiger partial charge in [-0.25, -0.2) is 9.59 Å². The maximum absolute atomic E-state index is 11.5. The van der Waals surface area contributed by atoms with Crippen molar-refractivity contribution in [1.29, 1.82) is 0 Å². The normalized spacial score (nSPS) is 24.9. The van der Waals surface area contributed by atoms with Crippen molar-refractivity contribution in [1.82, 2.24) is 10.6 Å². The molecule has 0 saturated heterocycles. The van der Waals surface area contributed by atoms with Gasteiger partial charge in [-0.05, 0) is 18.8 Å². The van der Waals surface area contributed by atoms with Gasteiger partial charge >= 0.3 is 12.0 Å². The third-order valence-electron chi connectivity index (χ3n) is 2.98. The molecule has 1 aliphatic carbocycles. The van der Waals surface area contributed by atoms with Crippen LogP contribution in [0.5, 0.6) is 0 Å². The lowest BCUT2D eigenvalue weighted by Crippen LogP contribution is -2.54. The lowest BCUT2D eigenvalue weighted by Gasteiger charge is -2.34. The molecule has 6 nitrogen and oxygen atoms in total. The second-order valence-corrected chi connectivity index (χ2v) is 4.70. The van der Waals surface area contributed by atoms with E-state index in [2.05, 4.69) is 10.6 Å². The van der Waals surface area contributed by atoms with Gasteiger partial charge < -0.3 is 20.5 Å². The fraction of sp³-hybridized carbons (Fsp3) is 0.818. The molecule has 1 fully saturated rings. The molecule has 1 saturated carbocycles. The highest BCUT2D eigenvalue weighted by atomic mass is 16.5. The number of amides is 2. The van der Waals surface area contributed by atoms with Gasteiger partial charge in [0.15, 0.2) is 0 Å². The Labute approximate surface area is 101 Å². The number of aliphatic carboxylic acids is 1. The molecule has 3 N–H and O–H groups in total. The molecule has 1 aliphatic rings. The van der Waals surface area contributed by atoms with E-state index in [1.165, 1.54) is 0 Å². The third kappa shape index (κ3) is 3.89. The van der Waals surface area contributed by atoms with Gasteiger partial charge in [0, 0.05) is 13.2 Å². The summed E-state index contributed by atoms with van der Waals surface area (Å²) in [5.74, 6) is -1.16. The minimum absolute atomic E-state index is 0.0848. The molecular weight excluding hydrogens is 224 g/mol. The Balaban J connectivity index is 2.31. The average molecular weight is 244 g/mol. The van der Waals surface area contributed by atoms with Crippen LogP contribution in [0.4, 0.5) is 4.79 Å². The molecule has 1 rings (SSSR count). The first-order chi connectivity index (χ1) is 7.93. The van der Waals surface area contributed by atoms with Crippen LogP contribution in [-0.4, -0.2) is 42.4 Å². The topological polar surface area (TPSA) is 87.7 Å². The number of carboxylic acids is 1. The molecule has 17 heavy (non-hydrogen) atoms. The molecule has 0 aliphatic heterocycles. The molecule has 2 amide bonds. The quantitative estimate of drug-likeness (QED) is 0.660. The van der Waals surface area contributed by atoms with Crippen molar-refractivity contribution >= 4 is 12.0 Å². The number of carboxylic acid groups (broad SMARTS) is 1. The number of hydrogen-bond donors (Lipinski definition) is 3. The molecular formula is C11H20N2O4. The number of urea groups is 1. The predicted octanol–water partition coefficient (Wildman–Crippen LogP) is 0.572. The summed E-state index contributed by atoms with van der Waals surface area (Å²) in [6.07, 6.45) is 1.77. The van der Waals surface area contributed by atoms with E-state index in [0.717, 1.165) is 12.8 Å². The fourth-order valence-corrected chi connectivity index (χ4v) is 1.76. The number of nitrogens with one attached hydrogen (secondary N) is 2. The molecule has 0 heterocycles. The zero-order valence-electron chi connectivity index (χ0n) is 10.4. The first-order valence-electron chi connectivity index (χ1n) is 5.76. The number of rotatable bonds is 5. The molecule has 0 aromatic carbocycles. The van der Waals surface area contributed by atoms with Gasteiger partial charge in [-0.15, -0.1) is 0 Å². The Morgan fingerprint density at radius 1 is 1.35 bits per heavy atom. The summed E-state index contributed by atoms with van der Waals surface area (Å²) in [4.78, 5) is 22.4. The first kappa shape index (κ1) is 13.8. The largest absolute Gasteiger partial charge is 0.480 e. The van der Waals surface area contributed by atoms with Crippen LogP contribution in [0, 0.1) is 5.92 Å². The highest BCUT2D eigenvalue weighted by Gasteiger charge is 2.31. The maximum Gasteiger partial charge on any atom is 0.326 e. The highest BCUT2D eigenvalue weighted by Crippen LogP contribution is 2.22. The number of ether oxygens (including phenoxy) is 1. The Hall–Kier alpha value is -1.30. The standard InChI is InChI=1S/C11H20N2O4/c1-6(2)9(10(14)15)13-11(16)12-7-4-8(5-7)17-3/h6-9H,4-5H2,1-3H3,(H,14,15)(H2,12,13,16). The maximum atomic E-state index is 11.5. The summed E-state index contributed by atoms with van der Waals surface area (Å²) >= 11 is 0. The zero-order valence-corrected chi connectivity index (χ0v) is 10.4. The molecule has 0 aromatic heterocycles. The van der Waals surface area contributed by atoms with Crippen molar-refractivity contribution in [3.8, 4) is 0 Å². The SMILES string of the molecule is COC1CC(NC(=O)NC(C(=O)O)C(C)C)C1. The molecule has 0 bridgehead atoms. The summed E-state index contributed by atoms with van der Waals surface area (Å²) in [6, 6.07) is -1.19. The predicted molar refractivity (Wildman–Crippen MR) is 61.7 cm³/mol. The lowest BCUT2D eigenvalue weighted by molar-refractivity contribution is -0.140. The molecule has 0 radical (unpaired) electrons. The minimum atomic E-state index is -1.02. The second kappa shape index (κ2) is 5.86. The van der Waals surface area contributed by atoms with Crippen LogP contribution in [0.3, 0.4) is 0 Å². The van der Waals surface area contributed by atoms with Crippen molar-refractivity contribution in [2.45, 2.75) is 44.9 Å². The molecule has 0 spiro atoms. The first-order valence-corrected chi connectivity index (χ1v) is 5.76. The van der Waals surface area contributed by atoms with Gasteiger partial charge in [-0.2, -0.15) is 0 Å². The average Bonchev–Trinajstić information content (AvgIpc) is 2.18. The van der Waals surface area contributed by atoms with Crippen LogP contribution >= 0.6 is 0 Å². The Kier molecular flexibility index (Phi) is 4.74. The number of carbonyl (C=O) groups excluding carboxylic acids is 1. The third-order valence-corrected chi connectivity index (χ3v) is 2.98. The van der Waals surface area contributed by atoms with Crippen LogP contribution in [0.25, 0.3) is 0 Å². The van der Waals surface area contributed by atoms with E-state index in [-0.39, 0.29) is 18.1 Å². The Bertz CT molecular complexity index is 287. The lowest BCUT2D eigenvalue weighted by atomic mass is 9.89. The van der Waals surface area contributed by atoms with Crippen LogP contribution in [-0.2, 0) is 9.53 Å². The fourth-order valence-electron chi connectivity index (χ4n) is 1.76. The van der Waals surface area contributed by atoms with Crippen LogP contribution < -0.4 is 10.6 Å². The van der Waals surface area contributed by atoms with Gasteiger partial charge in [0.05, 0.1) is 6.10 Å². The van der Waals surface area contributed by atoms with Crippen molar-refractivity contribution in [3.63, 3.8) is 0 Å². The Morgan fingerprint density at radius 3 is 2.35 bits per heavy atom. The summed E-state index contributed by atoms with van der Waals surface area (Å²) in [7, 11) is 1.64. The zero-order chi connectivity index (χ0) is 13.0. The van der Waals surface area contributed by atoms with Crippen molar-refractivity contribution in [2.75, 3.05) is 7.11 Å². The molecule has 98 valence electrons. The molecule has 6 heteroatoms. The van der Waals surface area contributed by atoms with Crippen molar-refractivity contribution < 1.29 is 19.4 Å². The molecule has 0 aromatic rings. The van der Waals surface area contributed by atoms with Gasteiger partial charge in [0.1, 0.15) is 6.04 Å². The monoisotopic (exact) mass is 244 g/mol. The summed E-state index contributed by atoms with van der Waals surface area (Å²) in [6.45, 7) is 3.51.